The predicted octanol–water partition coefficient (Wildman–Crippen LogP) is 2.62. The minimum atomic E-state index is 0.0445. The van der Waals surface area contributed by atoms with E-state index in [2.05, 4.69) is 10.3 Å². The minimum Gasteiger partial charge on any atom is -0.316 e. The lowest BCUT2D eigenvalue weighted by Gasteiger charge is -2.25. The smallest absolute Gasteiger partial charge is 0.184 e. The first-order chi connectivity index (χ1) is 11.1. The van der Waals surface area contributed by atoms with E-state index in [0.717, 1.165) is 41.9 Å². The molecule has 2 aliphatic rings. The topological polar surface area (TPSA) is 59.1 Å². The molecule has 2 atom stereocenters. The molecule has 4 nitrogen and oxygen atoms in total. The van der Waals surface area contributed by atoms with Crippen molar-refractivity contribution in [1.29, 1.82) is 0 Å². The van der Waals surface area contributed by atoms with Crippen molar-refractivity contribution in [3.8, 4) is 10.6 Å². The zero-order valence-corrected chi connectivity index (χ0v) is 13.8. The molecule has 0 bridgehead atoms. The lowest BCUT2D eigenvalue weighted by Crippen LogP contribution is -2.22. The van der Waals surface area contributed by atoms with Crippen LogP contribution in [0.15, 0.2) is 29.2 Å². The van der Waals surface area contributed by atoms with E-state index >= 15 is 0 Å². The molecule has 5 heteroatoms. The standard InChI is InChI=1S/C18H18N2O2S/c1-10(21)17-4-5-18(23-17)15-6-16(22)12-3-2-11-7-19-8-13(11)14(12)9-20-15/h4-6,9,11,13,19H,2-3,7-8H2,1H3. The fourth-order valence-corrected chi connectivity index (χ4v) is 4.59. The molecule has 23 heavy (non-hydrogen) atoms. The van der Waals surface area contributed by atoms with Crippen LogP contribution in [0.4, 0.5) is 0 Å². The highest BCUT2D eigenvalue weighted by atomic mass is 32.1. The first-order valence-corrected chi connectivity index (χ1v) is 8.80. The van der Waals surface area contributed by atoms with Gasteiger partial charge >= 0.3 is 0 Å². The Hall–Kier alpha value is -1.85. The van der Waals surface area contributed by atoms with E-state index in [9.17, 15) is 9.59 Å². The number of carbonyl (C=O) groups is 1. The van der Waals surface area contributed by atoms with Crippen LogP contribution in [0.1, 0.15) is 40.1 Å². The first-order valence-electron chi connectivity index (χ1n) is 7.98. The van der Waals surface area contributed by atoms with Gasteiger partial charge in [0.15, 0.2) is 11.2 Å². The number of Topliss-reactive ketones (excluding diaryl/α,β-unsaturated/α-hetero) is 1. The summed E-state index contributed by atoms with van der Waals surface area (Å²) in [6.45, 7) is 3.53. The van der Waals surface area contributed by atoms with Crippen molar-refractivity contribution in [2.24, 2.45) is 5.92 Å². The summed E-state index contributed by atoms with van der Waals surface area (Å²) in [7, 11) is 0. The molecule has 2 aromatic rings. The minimum absolute atomic E-state index is 0.0445. The van der Waals surface area contributed by atoms with Crippen LogP contribution in [0.3, 0.4) is 0 Å². The number of hydrogen-bond donors (Lipinski definition) is 1. The predicted molar refractivity (Wildman–Crippen MR) is 91.2 cm³/mol. The van der Waals surface area contributed by atoms with Crippen LogP contribution < -0.4 is 10.7 Å². The molecule has 0 amide bonds. The molecule has 0 radical (unpaired) electrons. The highest BCUT2D eigenvalue weighted by molar-refractivity contribution is 7.17. The van der Waals surface area contributed by atoms with Crippen LogP contribution in [0.2, 0.25) is 0 Å². The highest BCUT2D eigenvalue weighted by Gasteiger charge is 2.34. The maximum Gasteiger partial charge on any atom is 0.184 e. The number of ketones is 1. The zero-order valence-electron chi connectivity index (χ0n) is 13.0. The summed E-state index contributed by atoms with van der Waals surface area (Å²) >= 11 is 1.40. The second-order valence-electron chi connectivity index (χ2n) is 6.37. The van der Waals surface area contributed by atoms with Gasteiger partial charge in [0.05, 0.1) is 15.4 Å². The average molecular weight is 326 g/mol. The van der Waals surface area contributed by atoms with Crippen LogP contribution >= 0.6 is 11.3 Å². The molecule has 2 unspecified atom stereocenters. The van der Waals surface area contributed by atoms with Crippen molar-refractivity contribution in [2.45, 2.75) is 25.7 Å². The summed E-state index contributed by atoms with van der Waals surface area (Å²) in [5, 5.41) is 3.43. The number of carbonyl (C=O) groups excluding carboxylic acids is 1. The molecule has 1 aliphatic heterocycles. The maximum absolute atomic E-state index is 12.7. The number of thiophene rings is 1. The molecule has 3 heterocycles. The van der Waals surface area contributed by atoms with Crippen molar-refractivity contribution in [1.82, 2.24) is 10.3 Å². The summed E-state index contributed by atoms with van der Waals surface area (Å²) in [5.74, 6) is 1.08. The van der Waals surface area contributed by atoms with Crippen molar-refractivity contribution in [2.75, 3.05) is 13.1 Å². The van der Waals surface area contributed by atoms with Gasteiger partial charge in [-0.1, -0.05) is 0 Å². The van der Waals surface area contributed by atoms with Crippen molar-refractivity contribution in [3.63, 3.8) is 0 Å². The average Bonchev–Trinajstić information content (AvgIpc) is 3.16. The van der Waals surface area contributed by atoms with Gasteiger partial charge in [-0.15, -0.1) is 11.3 Å². The molecular formula is C18H18N2O2S. The summed E-state index contributed by atoms with van der Waals surface area (Å²) in [4.78, 5) is 30.3. The molecule has 0 aromatic carbocycles. The third kappa shape index (κ3) is 2.54. The summed E-state index contributed by atoms with van der Waals surface area (Å²) in [6, 6.07) is 5.32. The molecule has 1 saturated heterocycles. The number of nitrogens with one attached hydrogen (secondary N) is 1. The largest absolute Gasteiger partial charge is 0.316 e. The SMILES string of the molecule is CC(=O)c1ccc(-c2cc(=O)c3c(cn2)C2CNCC2CC3)s1. The second kappa shape index (κ2) is 5.65. The Bertz CT molecular complexity index is 843. The first kappa shape index (κ1) is 14.7. The number of nitrogens with zero attached hydrogens (tertiary/aromatic N) is 1. The molecule has 0 spiro atoms. The number of rotatable bonds is 2. The van der Waals surface area contributed by atoms with Gasteiger partial charge in [0.1, 0.15) is 0 Å². The van der Waals surface area contributed by atoms with Crippen LogP contribution in [0, 0.1) is 5.92 Å². The van der Waals surface area contributed by atoms with Gasteiger partial charge in [-0.2, -0.15) is 0 Å². The van der Waals surface area contributed by atoms with Gasteiger partial charge < -0.3 is 5.32 Å². The molecule has 2 aromatic heterocycles. The Morgan fingerprint density at radius 1 is 1.35 bits per heavy atom. The summed E-state index contributed by atoms with van der Waals surface area (Å²) in [6.07, 6.45) is 3.81. The molecule has 4 rings (SSSR count). The van der Waals surface area contributed by atoms with E-state index in [-0.39, 0.29) is 11.2 Å². The van der Waals surface area contributed by atoms with Gasteiger partial charge in [-0.3, -0.25) is 14.6 Å². The van der Waals surface area contributed by atoms with Crippen molar-refractivity contribution < 1.29 is 4.79 Å². The molecule has 1 aliphatic carbocycles. The Labute approximate surface area is 138 Å². The zero-order chi connectivity index (χ0) is 16.0. The molecule has 118 valence electrons. The fourth-order valence-electron chi connectivity index (χ4n) is 3.72. The van der Waals surface area contributed by atoms with Crippen molar-refractivity contribution >= 4 is 17.1 Å². The highest BCUT2D eigenvalue weighted by Crippen LogP contribution is 2.37. The van der Waals surface area contributed by atoms with Crippen molar-refractivity contribution in [3.05, 3.63) is 50.6 Å². The van der Waals surface area contributed by atoms with E-state index in [0.29, 0.717) is 22.4 Å². The second-order valence-corrected chi connectivity index (χ2v) is 7.45. The van der Waals surface area contributed by atoms with E-state index in [4.69, 9.17) is 0 Å². The Balaban J connectivity index is 1.82. The Morgan fingerprint density at radius 2 is 2.22 bits per heavy atom. The normalized spacial score (nSPS) is 22.5. The lowest BCUT2D eigenvalue weighted by molar-refractivity contribution is 0.102. The molecule has 1 fully saturated rings. The summed E-state index contributed by atoms with van der Waals surface area (Å²) < 4.78 is 0. The Kier molecular flexibility index (Phi) is 3.62. The molecule has 1 N–H and O–H groups in total. The third-order valence-electron chi connectivity index (χ3n) is 4.97. The maximum atomic E-state index is 12.7. The lowest BCUT2D eigenvalue weighted by atomic mass is 9.78. The van der Waals surface area contributed by atoms with Gasteiger partial charge in [0, 0.05) is 30.3 Å². The van der Waals surface area contributed by atoms with E-state index in [1.165, 1.54) is 11.3 Å². The quantitative estimate of drug-likeness (QED) is 0.862. The van der Waals surface area contributed by atoms with E-state index in [1.54, 1.807) is 19.1 Å². The van der Waals surface area contributed by atoms with Crippen LogP contribution in [-0.4, -0.2) is 23.9 Å². The van der Waals surface area contributed by atoms with Gasteiger partial charge in [-0.05, 0) is 49.9 Å². The Morgan fingerprint density at radius 3 is 3.00 bits per heavy atom. The van der Waals surface area contributed by atoms with E-state index < -0.39 is 0 Å². The van der Waals surface area contributed by atoms with Crippen LogP contribution in [0.25, 0.3) is 10.6 Å². The summed E-state index contributed by atoms with van der Waals surface area (Å²) in [5.41, 5.74) is 2.79. The van der Waals surface area contributed by atoms with Gasteiger partial charge in [-0.25, -0.2) is 0 Å². The molecular weight excluding hydrogens is 308 g/mol. The number of aromatic nitrogens is 1. The third-order valence-corrected chi connectivity index (χ3v) is 6.17. The fraction of sp³-hybridized carbons (Fsp3) is 0.389. The monoisotopic (exact) mass is 326 g/mol. The van der Waals surface area contributed by atoms with Crippen LogP contribution in [0.5, 0.6) is 0 Å². The van der Waals surface area contributed by atoms with Gasteiger partial charge in [0.2, 0.25) is 0 Å². The van der Waals surface area contributed by atoms with Crippen LogP contribution in [-0.2, 0) is 6.42 Å². The number of fused-ring (bicyclic) bond motifs is 3. The van der Waals surface area contributed by atoms with E-state index in [1.807, 2.05) is 12.3 Å². The van der Waals surface area contributed by atoms with Gasteiger partial charge in [0.25, 0.3) is 0 Å². The molecule has 0 saturated carbocycles. The number of hydrogen-bond acceptors (Lipinski definition) is 5.